The summed E-state index contributed by atoms with van der Waals surface area (Å²) < 4.78 is 0. The first-order valence-corrected chi connectivity index (χ1v) is 6.87. The molecule has 1 saturated carbocycles. The largest absolute Gasteiger partial charge is 0.481 e. The van der Waals surface area contributed by atoms with Crippen molar-refractivity contribution >= 4 is 18.0 Å². The molecule has 0 spiro atoms. The van der Waals surface area contributed by atoms with E-state index in [0.29, 0.717) is 12.5 Å². The Bertz CT molecular complexity index is 364. The summed E-state index contributed by atoms with van der Waals surface area (Å²) in [5.41, 5.74) is 0. The molecule has 7 nitrogen and oxygen atoms in total. The minimum atomic E-state index is -1.40. The molecule has 1 atom stereocenters. The Morgan fingerprint density at radius 3 is 2.25 bits per heavy atom. The van der Waals surface area contributed by atoms with Crippen molar-refractivity contribution in [2.24, 2.45) is 11.8 Å². The average molecular weight is 286 g/mol. The molecule has 20 heavy (non-hydrogen) atoms. The van der Waals surface area contributed by atoms with Crippen LogP contribution in [-0.2, 0) is 9.59 Å². The number of nitrogens with one attached hydrogen (secondary N) is 2. The smallest absolute Gasteiger partial charge is 0.326 e. The predicted molar refractivity (Wildman–Crippen MR) is 71.3 cm³/mol. The second-order valence-electron chi connectivity index (χ2n) is 5.47. The number of hydrogen-bond donors (Lipinski definition) is 4. The van der Waals surface area contributed by atoms with Gasteiger partial charge in [0, 0.05) is 6.54 Å². The number of urea groups is 1. The molecule has 0 aliphatic heterocycles. The lowest BCUT2D eigenvalue weighted by Gasteiger charge is -2.26. The van der Waals surface area contributed by atoms with Gasteiger partial charge in [0.2, 0.25) is 0 Å². The van der Waals surface area contributed by atoms with E-state index in [1.54, 1.807) is 0 Å². The summed E-state index contributed by atoms with van der Waals surface area (Å²) in [6.07, 6.45) is 3.76. The number of carboxylic acids is 2. The number of aliphatic carboxylic acids is 2. The summed E-state index contributed by atoms with van der Waals surface area (Å²) >= 11 is 0. The molecule has 7 heteroatoms. The summed E-state index contributed by atoms with van der Waals surface area (Å²) in [4.78, 5) is 32.9. The zero-order valence-corrected chi connectivity index (χ0v) is 11.6. The van der Waals surface area contributed by atoms with Gasteiger partial charge in [0.25, 0.3) is 0 Å². The number of carbonyl (C=O) groups excluding carboxylic acids is 1. The van der Waals surface area contributed by atoms with Crippen LogP contribution in [0.25, 0.3) is 0 Å². The van der Waals surface area contributed by atoms with Crippen molar-refractivity contribution in [2.45, 2.75) is 45.1 Å². The van der Waals surface area contributed by atoms with Crippen molar-refractivity contribution < 1.29 is 24.6 Å². The molecule has 0 unspecified atom stereocenters. The van der Waals surface area contributed by atoms with Crippen molar-refractivity contribution in [2.75, 3.05) is 6.54 Å². The predicted octanol–water partition coefficient (Wildman–Crippen LogP) is 1.04. The van der Waals surface area contributed by atoms with Gasteiger partial charge in [0.05, 0.1) is 6.42 Å². The van der Waals surface area contributed by atoms with Gasteiger partial charge in [-0.25, -0.2) is 9.59 Å². The van der Waals surface area contributed by atoms with E-state index in [-0.39, 0.29) is 0 Å². The van der Waals surface area contributed by atoms with Gasteiger partial charge >= 0.3 is 18.0 Å². The molecule has 1 rings (SSSR count). The van der Waals surface area contributed by atoms with Crippen molar-refractivity contribution in [1.82, 2.24) is 10.6 Å². The van der Waals surface area contributed by atoms with E-state index < -0.39 is 30.4 Å². The summed E-state index contributed by atoms with van der Waals surface area (Å²) in [6, 6.07) is -2.03. The van der Waals surface area contributed by atoms with Crippen LogP contribution < -0.4 is 10.6 Å². The molecule has 1 fully saturated rings. The van der Waals surface area contributed by atoms with E-state index in [1.807, 2.05) is 0 Å². The highest BCUT2D eigenvalue weighted by Crippen LogP contribution is 2.27. The zero-order chi connectivity index (χ0) is 15.1. The molecular weight excluding hydrogens is 264 g/mol. The van der Waals surface area contributed by atoms with Crippen LogP contribution in [0.4, 0.5) is 4.79 Å². The number of carbonyl (C=O) groups is 3. The van der Waals surface area contributed by atoms with Crippen LogP contribution in [0.2, 0.25) is 0 Å². The Kier molecular flexibility index (Phi) is 6.27. The van der Waals surface area contributed by atoms with E-state index in [4.69, 9.17) is 10.2 Å². The Labute approximate surface area is 117 Å². The minimum Gasteiger partial charge on any atom is -0.481 e. The number of carboxylic acid groups (broad SMARTS) is 2. The minimum absolute atomic E-state index is 0.416. The fourth-order valence-corrected chi connectivity index (χ4v) is 2.35. The third kappa shape index (κ3) is 5.90. The molecular formula is C13H22N2O5. The molecule has 4 N–H and O–H groups in total. The molecule has 1 aliphatic rings. The average Bonchev–Trinajstić information content (AvgIpc) is 2.36. The molecule has 114 valence electrons. The monoisotopic (exact) mass is 286 g/mol. The van der Waals surface area contributed by atoms with E-state index in [1.165, 1.54) is 0 Å². The molecule has 2 amide bonds. The van der Waals surface area contributed by atoms with Gasteiger partial charge in [-0.1, -0.05) is 19.8 Å². The maximum absolute atomic E-state index is 11.6. The van der Waals surface area contributed by atoms with Gasteiger partial charge in [-0.05, 0) is 24.7 Å². The molecule has 0 radical (unpaired) electrons. The van der Waals surface area contributed by atoms with Crippen molar-refractivity contribution in [3.8, 4) is 0 Å². The lowest BCUT2D eigenvalue weighted by molar-refractivity contribution is -0.145. The van der Waals surface area contributed by atoms with Crippen LogP contribution in [-0.4, -0.2) is 40.8 Å². The standard InChI is InChI=1S/C13H22N2O5/c1-8-2-4-9(5-3-8)7-14-13(20)15-10(12(18)19)6-11(16)17/h8-10H,2-7H2,1H3,(H,16,17)(H,18,19)(H2,14,15,20)/t8?,9?,10-/m0/s1. The first-order valence-electron chi connectivity index (χ1n) is 6.87. The van der Waals surface area contributed by atoms with E-state index in [2.05, 4.69) is 17.6 Å². The van der Waals surface area contributed by atoms with Crippen LogP contribution in [0, 0.1) is 11.8 Å². The maximum Gasteiger partial charge on any atom is 0.326 e. The normalized spacial score (nSPS) is 23.6. The number of rotatable bonds is 6. The molecule has 0 aromatic heterocycles. The topological polar surface area (TPSA) is 116 Å². The van der Waals surface area contributed by atoms with Crippen molar-refractivity contribution in [3.05, 3.63) is 0 Å². The number of hydrogen-bond acceptors (Lipinski definition) is 3. The Hall–Kier alpha value is -1.79. The summed E-state index contributed by atoms with van der Waals surface area (Å²) in [5.74, 6) is -1.47. The molecule has 1 aliphatic carbocycles. The molecule has 0 heterocycles. The quantitative estimate of drug-likeness (QED) is 0.582. The second kappa shape index (κ2) is 7.72. The van der Waals surface area contributed by atoms with Crippen LogP contribution >= 0.6 is 0 Å². The third-order valence-corrected chi connectivity index (χ3v) is 3.67. The highest BCUT2D eigenvalue weighted by Gasteiger charge is 2.24. The number of amides is 2. The summed E-state index contributed by atoms with van der Waals surface area (Å²) in [7, 11) is 0. The molecule has 0 aromatic rings. The van der Waals surface area contributed by atoms with Crippen molar-refractivity contribution in [3.63, 3.8) is 0 Å². The molecule has 0 aromatic carbocycles. The fourth-order valence-electron chi connectivity index (χ4n) is 2.35. The van der Waals surface area contributed by atoms with Crippen LogP contribution in [0.1, 0.15) is 39.0 Å². The van der Waals surface area contributed by atoms with Gasteiger partial charge in [0.15, 0.2) is 0 Å². The Morgan fingerprint density at radius 1 is 1.15 bits per heavy atom. The van der Waals surface area contributed by atoms with Crippen LogP contribution in [0.15, 0.2) is 0 Å². The zero-order valence-electron chi connectivity index (χ0n) is 11.6. The van der Waals surface area contributed by atoms with Crippen LogP contribution in [0.3, 0.4) is 0 Å². The van der Waals surface area contributed by atoms with E-state index in [9.17, 15) is 14.4 Å². The Balaban J connectivity index is 2.31. The van der Waals surface area contributed by atoms with Gasteiger partial charge in [0.1, 0.15) is 6.04 Å². The molecule has 0 saturated heterocycles. The summed E-state index contributed by atoms with van der Waals surface area (Å²) in [6.45, 7) is 2.71. The van der Waals surface area contributed by atoms with Crippen LogP contribution in [0.5, 0.6) is 0 Å². The lowest BCUT2D eigenvalue weighted by Crippen LogP contribution is -2.48. The van der Waals surface area contributed by atoms with Gasteiger partial charge in [-0.2, -0.15) is 0 Å². The first kappa shape index (κ1) is 16.3. The Morgan fingerprint density at radius 2 is 1.75 bits per heavy atom. The maximum atomic E-state index is 11.6. The van der Waals surface area contributed by atoms with Crippen molar-refractivity contribution in [1.29, 1.82) is 0 Å². The van der Waals surface area contributed by atoms with Gasteiger partial charge in [-0.3, -0.25) is 4.79 Å². The summed E-state index contributed by atoms with van der Waals surface area (Å²) in [5, 5.41) is 22.2. The highest BCUT2D eigenvalue weighted by molar-refractivity contribution is 5.86. The highest BCUT2D eigenvalue weighted by atomic mass is 16.4. The van der Waals surface area contributed by atoms with Gasteiger partial charge < -0.3 is 20.8 Å². The SMILES string of the molecule is CC1CCC(CNC(=O)N[C@@H](CC(=O)O)C(=O)O)CC1. The molecule has 0 bridgehead atoms. The van der Waals surface area contributed by atoms with E-state index in [0.717, 1.165) is 31.6 Å². The lowest BCUT2D eigenvalue weighted by atomic mass is 9.83. The van der Waals surface area contributed by atoms with Gasteiger partial charge in [-0.15, -0.1) is 0 Å². The fraction of sp³-hybridized carbons (Fsp3) is 0.769. The first-order chi connectivity index (χ1) is 9.38. The van der Waals surface area contributed by atoms with E-state index >= 15 is 0 Å². The second-order valence-corrected chi connectivity index (χ2v) is 5.47. The third-order valence-electron chi connectivity index (χ3n) is 3.67.